The van der Waals surface area contributed by atoms with Crippen LogP contribution in [-0.4, -0.2) is 40.5 Å². The van der Waals surface area contributed by atoms with Crippen LogP contribution in [-0.2, 0) is 14.3 Å². The van der Waals surface area contributed by atoms with Crippen LogP contribution in [0.3, 0.4) is 0 Å². The maximum Gasteiger partial charge on any atom is 0.420 e. The highest BCUT2D eigenvalue weighted by Crippen LogP contribution is 2.41. The fraction of sp³-hybridized carbons (Fsp3) is 0.219. The monoisotopic (exact) mass is 522 g/mol. The molecule has 3 aromatic carbocycles. The molecule has 0 bridgehead atoms. The van der Waals surface area contributed by atoms with Crippen molar-refractivity contribution >= 4 is 18.0 Å². The topological polar surface area (TPSA) is 81.8 Å². The Hall–Kier alpha value is -4.65. The number of ether oxygens (including phenoxy) is 1. The van der Waals surface area contributed by atoms with Gasteiger partial charge in [-0.05, 0) is 12.0 Å². The molecule has 1 aromatic heterocycles. The summed E-state index contributed by atoms with van der Waals surface area (Å²) in [5.41, 5.74) is 3.01. The summed E-state index contributed by atoms with van der Waals surface area (Å²) in [6, 6.07) is 26.9. The molecule has 0 radical (unpaired) electrons. The molecule has 1 saturated heterocycles. The number of carbonyl (C=O) groups excluding carboxylic acids is 2. The third-order valence-electron chi connectivity index (χ3n) is 7.14. The number of esters is 1. The first-order valence-electron chi connectivity index (χ1n) is 13.0. The molecule has 3 atom stereocenters. The van der Waals surface area contributed by atoms with Crippen LogP contribution in [0.1, 0.15) is 31.4 Å². The Balaban J connectivity index is 1.64. The van der Waals surface area contributed by atoms with Gasteiger partial charge in [0.15, 0.2) is 5.76 Å². The molecular formula is C32H30N2O5. The predicted octanol–water partition coefficient (Wildman–Crippen LogP) is 5.58. The summed E-state index contributed by atoms with van der Waals surface area (Å²) in [6.07, 6.45) is 4.50. The molecule has 4 aromatic rings. The van der Waals surface area contributed by atoms with E-state index < -0.39 is 17.8 Å². The van der Waals surface area contributed by atoms with Gasteiger partial charge in [-0.3, -0.25) is 14.2 Å². The minimum Gasteiger partial charge on any atom is -0.469 e. The molecule has 1 aliphatic heterocycles. The third kappa shape index (κ3) is 5.08. The number of rotatable bonds is 9. The highest BCUT2D eigenvalue weighted by atomic mass is 16.5. The Morgan fingerprint density at radius 1 is 0.923 bits per heavy atom. The van der Waals surface area contributed by atoms with Crippen molar-refractivity contribution in [3.8, 4) is 22.6 Å². The Bertz CT molecular complexity index is 1520. The van der Waals surface area contributed by atoms with E-state index in [0.29, 0.717) is 17.9 Å². The van der Waals surface area contributed by atoms with Gasteiger partial charge in [-0.2, -0.15) is 0 Å². The largest absolute Gasteiger partial charge is 0.469 e. The van der Waals surface area contributed by atoms with Crippen molar-refractivity contribution in [1.82, 2.24) is 9.47 Å². The van der Waals surface area contributed by atoms with Crippen LogP contribution in [0, 0.1) is 0 Å². The lowest BCUT2D eigenvalue weighted by Gasteiger charge is -2.49. The van der Waals surface area contributed by atoms with Crippen LogP contribution in [0.15, 0.2) is 106 Å². The second-order valence-electron chi connectivity index (χ2n) is 9.44. The number of benzene rings is 3. The number of aromatic nitrogens is 1. The van der Waals surface area contributed by atoms with Gasteiger partial charge >= 0.3 is 11.7 Å². The van der Waals surface area contributed by atoms with Crippen LogP contribution in [0.25, 0.3) is 28.7 Å². The van der Waals surface area contributed by atoms with Crippen molar-refractivity contribution in [3.05, 3.63) is 113 Å². The summed E-state index contributed by atoms with van der Waals surface area (Å²) in [5, 5.41) is 0. The van der Waals surface area contributed by atoms with Crippen LogP contribution < -0.4 is 5.76 Å². The first-order chi connectivity index (χ1) is 19.0. The summed E-state index contributed by atoms with van der Waals surface area (Å²) in [5.74, 6) is -0.830. The molecule has 0 aliphatic carbocycles. The maximum absolute atomic E-state index is 13.9. The van der Waals surface area contributed by atoms with Crippen LogP contribution in [0.5, 0.6) is 0 Å². The minimum atomic E-state index is -0.833. The third-order valence-corrected chi connectivity index (χ3v) is 7.14. The standard InChI is InChI=1S/C32H30N2O5/c1-3-25(21-27(35)38-2)33-26(20-19-22-13-7-4-8-14-22)29(31(33)36)34-28(23-15-9-5-10-16-23)30(39-32(34)37)24-17-11-6-12-18-24/h4-20,25-26,29H,3,21H2,1-2H3/t25-,26-,29+/m1/s1. The smallest absolute Gasteiger partial charge is 0.420 e. The maximum atomic E-state index is 13.9. The highest BCUT2D eigenvalue weighted by molar-refractivity contribution is 5.91. The van der Waals surface area contributed by atoms with Gasteiger partial charge in [0.05, 0.1) is 25.3 Å². The van der Waals surface area contributed by atoms with Crippen molar-refractivity contribution in [2.75, 3.05) is 7.11 Å². The molecule has 0 spiro atoms. The minimum absolute atomic E-state index is 0.0717. The molecule has 0 saturated carbocycles. The number of amides is 1. The van der Waals surface area contributed by atoms with E-state index in [1.54, 1.807) is 4.90 Å². The molecule has 39 heavy (non-hydrogen) atoms. The van der Waals surface area contributed by atoms with Crippen molar-refractivity contribution < 1.29 is 18.7 Å². The molecule has 1 fully saturated rings. The van der Waals surface area contributed by atoms with E-state index in [-0.39, 0.29) is 24.3 Å². The zero-order valence-corrected chi connectivity index (χ0v) is 21.9. The lowest BCUT2D eigenvalue weighted by atomic mass is 9.88. The number of hydrogen-bond acceptors (Lipinski definition) is 5. The van der Waals surface area contributed by atoms with Gasteiger partial charge in [0, 0.05) is 17.2 Å². The Labute approximate surface area is 227 Å². The van der Waals surface area contributed by atoms with E-state index >= 15 is 0 Å². The van der Waals surface area contributed by atoms with E-state index in [2.05, 4.69) is 0 Å². The Morgan fingerprint density at radius 2 is 1.51 bits per heavy atom. The second kappa shape index (κ2) is 11.4. The number of likely N-dealkylation sites (tertiary alicyclic amines) is 1. The lowest BCUT2D eigenvalue weighted by molar-refractivity contribution is -0.158. The molecule has 5 rings (SSSR count). The molecule has 2 heterocycles. The van der Waals surface area contributed by atoms with E-state index in [1.165, 1.54) is 11.7 Å². The van der Waals surface area contributed by atoms with E-state index in [0.717, 1.165) is 16.7 Å². The first kappa shape index (κ1) is 26.0. The SMILES string of the molecule is CC[C@H](CC(=O)OC)N1C(=O)[C@@H](n2c(-c3ccccc3)c(-c3ccccc3)oc2=O)[C@H]1C=Cc1ccccc1. The number of β-lactam (4-membered cyclic amide) rings is 1. The number of nitrogens with zero attached hydrogens (tertiary/aromatic N) is 2. The molecule has 1 amide bonds. The predicted molar refractivity (Wildman–Crippen MR) is 150 cm³/mol. The van der Waals surface area contributed by atoms with Crippen molar-refractivity contribution in [3.63, 3.8) is 0 Å². The van der Waals surface area contributed by atoms with Gasteiger partial charge in [-0.1, -0.05) is 110 Å². The van der Waals surface area contributed by atoms with Gasteiger partial charge in [-0.25, -0.2) is 4.79 Å². The lowest BCUT2D eigenvalue weighted by Crippen LogP contribution is -2.65. The summed E-state index contributed by atoms with van der Waals surface area (Å²) in [4.78, 5) is 41.2. The molecular weight excluding hydrogens is 492 g/mol. The average molecular weight is 523 g/mol. The van der Waals surface area contributed by atoms with Crippen molar-refractivity contribution in [2.24, 2.45) is 0 Å². The van der Waals surface area contributed by atoms with Gasteiger partial charge < -0.3 is 14.1 Å². The average Bonchev–Trinajstić information content (AvgIpc) is 3.32. The molecule has 1 aliphatic rings. The fourth-order valence-electron chi connectivity index (χ4n) is 5.18. The van der Waals surface area contributed by atoms with Crippen LogP contribution >= 0.6 is 0 Å². The fourth-order valence-corrected chi connectivity index (χ4v) is 5.18. The number of oxazole rings is 1. The van der Waals surface area contributed by atoms with E-state index in [1.807, 2.05) is 110 Å². The molecule has 0 N–H and O–H groups in total. The molecule has 7 nitrogen and oxygen atoms in total. The first-order valence-corrected chi connectivity index (χ1v) is 13.0. The van der Waals surface area contributed by atoms with E-state index in [9.17, 15) is 14.4 Å². The number of methoxy groups -OCH3 is 1. The zero-order chi connectivity index (χ0) is 27.4. The molecule has 7 heteroatoms. The Kier molecular flexibility index (Phi) is 7.59. The van der Waals surface area contributed by atoms with E-state index in [4.69, 9.17) is 9.15 Å². The molecule has 198 valence electrons. The van der Waals surface area contributed by atoms with Gasteiger partial charge in [-0.15, -0.1) is 0 Å². The number of hydrogen-bond donors (Lipinski definition) is 0. The van der Waals surface area contributed by atoms with Crippen LogP contribution in [0.4, 0.5) is 0 Å². The van der Waals surface area contributed by atoms with Crippen molar-refractivity contribution in [1.29, 1.82) is 0 Å². The van der Waals surface area contributed by atoms with Gasteiger partial charge in [0.1, 0.15) is 6.04 Å². The summed E-state index contributed by atoms with van der Waals surface area (Å²) < 4.78 is 12.2. The summed E-state index contributed by atoms with van der Waals surface area (Å²) in [6.45, 7) is 1.93. The normalized spacial score (nSPS) is 17.7. The second-order valence-corrected chi connectivity index (χ2v) is 9.44. The quantitative estimate of drug-likeness (QED) is 0.212. The summed E-state index contributed by atoms with van der Waals surface area (Å²) in [7, 11) is 1.34. The van der Waals surface area contributed by atoms with Gasteiger partial charge in [0.2, 0.25) is 5.91 Å². The number of carbonyl (C=O) groups is 2. The summed E-state index contributed by atoms with van der Waals surface area (Å²) >= 11 is 0. The highest BCUT2D eigenvalue weighted by Gasteiger charge is 2.52. The van der Waals surface area contributed by atoms with Crippen molar-refractivity contribution in [2.45, 2.75) is 37.9 Å². The van der Waals surface area contributed by atoms with Gasteiger partial charge in [0.25, 0.3) is 0 Å². The molecule has 0 unspecified atom stereocenters. The van der Waals surface area contributed by atoms with Crippen LogP contribution in [0.2, 0.25) is 0 Å². The Morgan fingerprint density at radius 3 is 2.10 bits per heavy atom. The zero-order valence-electron chi connectivity index (χ0n) is 21.9.